The van der Waals surface area contributed by atoms with Gasteiger partial charge in [-0.25, -0.2) is 0 Å². The van der Waals surface area contributed by atoms with Crippen molar-refractivity contribution in [1.82, 2.24) is 9.88 Å². The number of amides is 1. The van der Waals surface area contributed by atoms with E-state index in [1.165, 1.54) is 0 Å². The predicted molar refractivity (Wildman–Crippen MR) is 114 cm³/mol. The third kappa shape index (κ3) is 4.59. The third-order valence-electron chi connectivity index (χ3n) is 4.82. The summed E-state index contributed by atoms with van der Waals surface area (Å²) in [7, 11) is 3.09. The van der Waals surface area contributed by atoms with Gasteiger partial charge in [-0.1, -0.05) is 18.6 Å². The molecule has 0 atom stereocenters. The van der Waals surface area contributed by atoms with E-state index in [0.29, 0.717) is 29.2 Å². The van der Waals surface area contributed by atoms with E-state index in [4.69, 9.17) is 9.47 Å². The van der Waals surface area contributed by atoms with Gasteiger partial charge in [0.15, 0.2) is 0 Å². The highest BCUT2D eigenvalue weighted by Gasteiger charge is 2.19. The van der Waals surface area contributed by atoms with Gasteiger partial charge < -0.3 is 19.4 Å². The summed E-state index contributed by atoms with van der Waals surface area (Å²) in [5.41, 5.74) is 2.73. The number of aryl methyl sites for hydroxylation is 1. The molecule has 0 unspecified atom stereocenters. The van der Waals surface area contributed by atoms with Crippen LogP contribution in [0, 0.1) is 6.92 Å². The molecule has 2 aromatic carbocycles. The second-order valence-corrected chi connectivity index (χ2v) is 7.04. The predicted octanol–water partition coefficient (Wildman–Crippen LogP) is 3.91. The Morgan fingerprint density at radius 1 is 1.03 bits per heavy atom. The van der Waals surface area contributed by atoms with Crippen molar-refractivity contribution in [1.29, 1.82) is 0 Å². The van der Waals surface area contributed by atoms with Gasteiger partial charge in [0.2, 0.25) is 0 Å². The van der Waals surface area contributed by atoms with Gasteiger partial charge in [-0.2, -0.15) is 0 Å². The number of aromatic nitrogens is 1. The van der Waals surface area contributed by atoms with Crippen LogP contribution in [-0.4, -0.2) is 36.6 Å². The summed E-state index contributed by atoms with van der Waals surface area (Å²) < 4.78 is 10.6. The molecule has 0 radical (unpaired) electrons. The molecule has 0 bridgehead atoms. The molecule has 0 fully saturated rings. The average Bonchev–Trinajstić information content (AvgIpc) is 2.73. The molecular weight excluding hydrogens is 368 g/mol. The largest absolute Gasteiger partial charge is 0.497 e. The Morgan fingerprint density at radius 2 is 1.72 bits per heavy atom. The van der Waals surface area contributed by atoms with Crippen molar-refractivity contribution in [2.24, 2.45) is 0 Å². The average molecular weight is 394 g/mol. The van der Waals surface area contributed by atoms with Gasteiger partial charge in [0, 0.05) is 29.3 Å². The maximum absolute atomic E-state index is 13.2. The van der Waals surface area contributed by atoms with Crippen molar-refractivity contribution in [3.05, 3.63) is 69.5 Å². The van der Waals surface area contributed by atoms with Crippen LogP contribution < -0.4 is 15.0 Å². The van der Waals surface area contributed by atoms with Crippen molar-refractivity contribution >= 4 is 16.8 Å². The molecule has 1 N–H and O–H groups in total. The number of aromatic amines is 1. The van der Waals surface area contributed by atoms with E-state index < -0.39 is 0 Å². The van der Waals surface area contributed by atoms with Crippen molar-refractivity contribution in [2.45, 2.75) is 26.8 Å². The van der Waals surface area contributed by atoms with E-state index in [1.807, 2.05) is 38.1 Å². The molecule has 6 heteroatoms. The first-order chi connectivity index (χ1) is 13.9. The van der Waals surface area contributed by atoms with E-state index in [2.05, 4.69) is 4.98 Å². The number of ether oxygens (including phenoxy) is 2. The number of methoxy groups -OCH3 is 2. The van der Waals surface area contributed by atoms with Gasteiger partial charge in [-0.15, -0.1) is 0 Å². The van der Waals surface area contributed by atoms with Crippen LogP contribution in [0.3, 0.4) is 0 Å². The normalized spacial score (nSPS) is 10.8. The summed E-state index contributed by atoms with van der Waals surface area (Å²) in [6, 6.07) is 12.8. The first-order valence-corrected chi connectivity index (χ1v) is 9.60. The van der Waals surface area contributed by atoms with E-state index >= 15 is 0 Å². The number of nitrogens with zero attached hydrogens (tertiary/aromatic N) is 1. The van der Waals surface area contributed by atoms with Crippen LogP contribution in [0.15, 0.2) is 47.3 Å². The number of nitrogens with one attached hydrogen (secondary N) is 1. The van der Waals surface area contributed by atoms with E-state index in [9.17, 15) is 9.59 Å². The number of hydrogen-bond donors (Lipinski definition) is 1. The Labute approximate surface area is 170 Å². The molecule has 1 aromatic heterocycles. The molecule has 0 saturated heterocycles. The summed E-state index contributed by atoms with van der Waals surface area (Å²) >= 11 is 0. The molecule has 0 aliphatic rings. The first kappa shape index (κ1) is 20.5. The van der Waals surface area contributed by atoms with Gasteiger partial charge >= 0.3 is 0 Å². The summed E-state index contributed by atoms with van der Waals surface area (Å²) in [5, 5.41) is 0.951. The summed E-state index contributed by atoms with van der Waals surface area (Å²) in [6.07, 6.45) is 0.775. The van der Waals surface area contributed by atoms with Gasteiger partial charge in [0.1, 0.15) is 11.5 Å². The standard InChI is InChI=1S/C23H26N2O4/c1-5-8-25(23(27)17-11-19(28-3)13-20(12-17)29-4)14-18-10-16-9-15(2)6-7-21(16)24-22(18)26/h6-7,9-13H,5,8,14H2,1-4H3,(H,24,26). The summed E-state index contributed by atoms with van der Waals surface area (Å²) in [6.45, 7) is 4.77. The highest BCUT2D eigenvalue weighted by atomic mass is 16.5. The molecular formula is C23H26N2O4. The highest BCUT2D eigenvalue weighted by molar-refractivity contribution is 5.95. The molecule has 1 heterocycles. The van der Waals surface area contributed by atoms with E-state index in [0.717, 1.165) is 22.9 Å². The maximum atomic E-state index is 13.2. The lowest BCUT2D eigenvalue weighted by Gasteiger charge is -2.22. The first-order valence-electron chi connectivity index (χ1n) is 9.60. The number of fused-ring (bicyclic) bond motifs is 1. The quantitative estimate of drug-likeness (QED) is 0.660. The SMILES string of the molecule is CCCN(Cc1cc2cc(C)ccc2[nH]c1=O)C(=O)c1cc(OC)cc(OC)c1. The number of benzene rings is 2. The minimum atomic E-state index is -0.182. The minimum Gasteiger partial charge on any atom is -0.497 e. The minimum absolute atomic E-state index is 0.173. The monoisotopic (exact) mass is 394 g/mol. The molecule has 1 amide bonds. The van der Waals surface area contributed by atoms with Crippen LogP contribution in [0.1, 0.15) is 34.8 Å². The zero-order valence-electron chi connectivity index (χ0n) is 17.2. The number of hydrogen-bond acceptors (Lipinski definition) is 4. The molecule has 3 rings (SSSR count). The second kappa shape index (κ2) is 8.82. The van der Waals surface area contributed by atoms with Crippen molar-refractivity contribution in [3.8, 4) is 11.5 Å². The molecule has 0 spiro atoms. The van der Waals surface area contributed by atoms with Gasteiger partial charge in [-0.05, 0) is 49.1 Å². The van der Waals surface area contributed by atoms with Crippen LogP contribution in [-0.2, 0) is 6.54 Å². The second-order valence-electron chi connectivity index (χ2n) is 7.04. The lowest BCUT2D eigenvalue weighted by Crippen LogP contribution is -2.33. The fraction of sp³-hybridized carbons (Fsp3) is 0.304. The molecule has 0 saturated carbocycles. The van der Waals surface area contributed by atoms with Gasteiger partial charge in [-0.3, -0.25) is 9.59 Å². The third-order valence-corrected chi connectivity index (χ3v) is 4.82. The highest BCUT2D eigenvalue weighted by Crippen LogP contribution is 2.24. The molecule has 3 aromatic rings. The van der Waals surface area contributed by atoms with E-state index in [1.54, 1.807) is 37.3 Å². The smallest absolute Gasteiger partial charge is 0.254 e. The number of carbonyl (C=O) groups excluding carboxylic acids is 1. The lowest BCUT2D eigenvalue weighted by molar-refractivity contribution is 0.0742. The van der Waals surface area contributed by atoms with E-state index in [-0.39, 0.29) is 18.0 Å². The van der Waals surface area contributed by atoms with Crippen molar-refractivity contribution in [2.75, 3.05) is 20.8 Å². The zero-order chi connectivity index (χ0) is 21.0. The summed E-state index contributed by atoms with van der Waals surface area (Å²) in [4.78, 5) is 30.4. The number of H-pyrrole nitrogens is 1. The van der Waals surface area contributed by atoms with Crippen molar-refractivity contribution < 1.29 is 14.3 Å². The van der Waals surface area contributed by atoms with Crippen LogP contribution >= 0.6 is 0 Å². The Balaban J connectivity index is 1.96. The Kier molecular flexibility index (Phi) is 6.22. The van der Waals surface area contributed by atoms with Gasteiger partial charge in [0.05, 0.1) is 20.8 Å². The zero-order valence-corrected chi connectivity index (χ0v) is 17.2. The number of rotatable bonds is 7. The molecule has 152 valence electrons. The Bertz CT molecular complexity index is 1070. The number of carbonyl (C=O) groups is 1. The molecule has 6 nitrogen and oxygen atoms in total. The van der Waals surface area contributed by atoms with Crippen LogP contribution in [0.5, 0.6) is 11.5 Å². The van der Waals surface area contributed by atoms with Gasteiger partial charge in [0.25, 0.3) is 11.5 Å². The Morgan fingerprint density at radius 3 is 2.34 bits per heavy atom. The van der Waals surface area contributed by atoms with Crippen LogP contribution in [0.4, 0.5) is 0 Å². The Hall–Kier alpha value is -3.28. The number of pyridine rings is 1. The molecule has 0 aliphatic heterocycles. The summed E-state index contributed by atoms with van der Waals surface area (Å²) in [5.74, 6) is 0.916. The fourth-order valence-corrected chi connectivity index (χ4v) is 3.33. The van der Waals surface area contributed by atoms with Crippen LogP contribution in [0.25, 0.3) is 10.9 Å². The lowest BCUT2D eigenvalue weighted by atomic mass is 10.1. The van der Waals surface area contributed by atoms with Crippen molar-refractivity contribution in [3.63, 3.8) is 0 Å². The topological polar surface area (TPSA) is 71.6 Å². The fourth-order valence-electron chi connectivity index (χ4n) is 3.33. The molecule has 0 aliphatic carbocycles. The maximum Gasteiger partial charge on any atom is 0.254 e. The molecule has 29 heavy (non-hydrogen) atoms. The van der Waals surface area contributed by atoms with Crippen LogP contribution in [0.2, 0.25) is 0 Å².